The normalized spacial score (nSPS) is 27.8. The maximum Gasteiger partial charge on any atom is 0.0934 e. The molecule has 52 valence electrons. The zero-order valence-corrected chi connectivity index (χ0v) is 6.32. The highest BCUT2D eigenvalue weighted by atomic mass is 32.2. The van der Waals surface area contributed by atoms with Crippen molar-refractivity contribution < 1.29 is 5.11 Å². The average molecular weight is 145 g/mol. The van der Waals surface area contributed by atoms with E-state index in [1.165, 1.54) is 0 Å². The van der Waals surface area contributed by atoms with Gasteiger partial charge < -0.3 is 5.11 Å². The molecule has 1 heterocycles. The summed E-state index contributed by atoms with van der Waals surface area (Å²) in [5.41, 5.74) is 0. The fourth-order valence-corrected chi connectivity index (χ4v) is 1.82. The van der Waals surface area contributed by atoms with Crippen LogP contribution in [0.3, 0.4) is 0 Å². The Kier molecular flexibility index (Phi) is 2.54. The first-order valence-electron chi connectivity index (χ1n) is 3.13. The van der Waals surface area contributed by atoms with E-state index in [2.05, 4.69) is 11.9 Å². The Morgan fingerprint density at radius 3 is 3.11 bits per heavy atom. The van der Waals surface area contributed by atoms with Gasteiger partial charge in [0.05, 0.1) is 11.7 Å². The molecule has 0 radical (unpaired) electrons. The van der Waals surface area contributed by atoms with E-state index in [0.717, 1.165) is 17.2 Å². The van der Waals surface area contributed by atoms with E-state index >= 15 is 0 Å². The molecule has 0 saturated carbocycles. The van der Waals surface area contributed by atoms with Crippen LogP contribution in [0.5, 0.6) is 0 Å². The zero-order chi connectivity index (χ0) is 6.69. The fraction of sp³-hybridized carbons (Fsp3) is 0.833. The summed E-state index contributed by atoms with van der Waals surface area (Å²) in [4.78, 5) is 4.23. The van der Waals surface area contributed by atoms with Crippen LogP contribution < -0.4 is 0 Å². The van der Waals surface area contributed by atoms with Crippen LogP contribution in [0.25, 0.3) is 0 Å². The Balaban J connectivity index is 2.49. The van der Waals surface area contributed by atoms with Crippen LogP contribution in [0.2, 0.25) is 0 Å². The van der Waals surface area contributed by atoms with E-state index in [1.807, 2.05) is 0 Å². The predicted octanol–water partition coefficient (Wildman–Crippen LogP) is 0.903. The van der Waals surface area contributed by atoms with Gasteiger partial charge in [0.1, 0.15) is 0 Å². The van der Waals surface area contributed by atoms with Gasteiger partial charge in [-0.15, -0.1) is 11.8 Å². The summed E-state index contributed by atoms with van der Waals surface area (Å²) in [6, 6.07) is 0.424. The topological polar surface area (TPSA) is 32.6 Å². The fourth-order valence-electron chi connectivity index (χ4n) is 0.781. The molecule has 1 atom stereocenters. The molecule has 1 aliphatic rings. The lowest BCUT2D eigenvalue weighted by Gasteiger charge is -2.14. The Morgan fingerprint density at radius 2 is 2.67 bits per heavy atom. The lowest BCUT2D eigenvalue weighted by Crippen LogP contribution is -2.13. The quantitative estimate of drug-likeness (QED) is 0.594. The molecule has 2 nitrogen and oxygen atoms in total. The Morgan fingerprint density at radius 1 is 1.89 bits per heavy atom. The zero-order valence-electron chi connectivity index (χ0n) is 5.50. The van der Waals surface area contributed by atoms with Crippen molar-refractivity contribution in [2.75, 3.05) is 12.4 Å². The van der Waals surface area contributed by atoms with Crippen LogP contribution in [-0.4, -0.2) is 28.6 Å². The van der Waals surface area contributed by atoms with Crippen molar-refractivity contribution in [2.45, 2.75) is 19.4 Å². The first kappa shape index (κ1) is 7.09. The summed E-state index contributed by atoms with van der Waals surface area (Å²) in [6.07, 6.45) is 1.15. The van der Waals surface area contributed by atoms with Crippen molar-refractivity contribution in [3.8, 4) is 0 Å². The number of aliphatic hydroxyl groups excluding tert-OH is 1. The van der Waals surface area contributed by atoms with Crippen LogP contribution in [-0.2, 0) is 0 Å². The molecule has 0 saturated heterocycles. The van der Waals surface area contributed by atoms with Gasteiger partial charge in [0.25, 0.3) is 0 Å². The Bertz CT molecular complexity index is 124. The summed E-state index contributed by atoms with van der Waals surface area (Å²) in [7, 11) is 0. The summed E-state index contributed by atoms with van der Waals surface area (Å²) in [5, 5.41) is 9.55. The number of hydrogen-bond acceptors (Lipinski definition) is 3. The molecule has 0 aromatic heterocycles. The van der Waals surface area contributed by atoms with Crippen LogP contribution in [0.1, 0.15) is 13.3 Å². The molecule has 9 heavy (non-hydrogen) atoms. The third-order valence-electron chi connectivity index (χ3n) is 1.30. The summed E-state index contributed by atoms with van der Waals surface area (Å²) < 4.78 is 0. The van der Waals surface area contributed by atoms with Gasteiger partial charge in [0.15, 0.2) is 0 Å². The molecule has 0 bridgehead atoms. The third kappa shape index (κ3) is 1.99. The molecule has 1 rings (SSSR count). The maximum absolute atomic E-state index is 8.66. The van der Waals surface area contributed by atoms with Gasteiger partial charge in [0.2, 0.25) is 0 Å². The molecule has 0 amide bonds. The number of thioether (sulfide) groups is 1. The molecule has 0 aliphatic carbocycles. The van der Waals surface area contributed by atoms with Crippen LogP contribution >= 0.6 is 11.8 Å². The number of aliphatic imine (C=N–C) groups is 1. The van der Waals surface area contributed by atoms with Crippen LogP contribution in [0.4, 0.5) is 0 Å². The lowest BCUT2D eigenvalue weighted by molar-refractivity contribution is 0.359. The van der Waals surface area contributed by atoms with E-state index in [9.17, 15) is 0 Å². The Hall–Kier alpha value is -0.0200. The van der Waals surface area contributed by atoms with E-state index in [-0.39, 0.29) is 6.61 Å². The molecule has 0 aromatic rings. The molecular weight excluding hydrogens is 134 g/mol. The van der Waals surface area contributed by atoms with Crippen molar-refractivity contribution in [3.05, 3.63) is 0 Å². The first-order valence-corrected chi connectivity index (χ1v) is 4.12. The monoisotopic (exact) mass is 145 g/mol. The van der Waals surface area contributed by atoms with Crippen LogP contribution in [0, 0.1) is 0 Å². The second-order valence-corrected chi connectivity index (χ2v) is 3.34. The molecule has 1 aliphatic heterocycles. The molecule has 0 spiro atoms. The minimum absolute atomic E-state index is 0.120. The van der Waals surface area contributed by atoms with Gasteiger partial charge in [-0.2, -0.15) is 0 Å². The van der Waals surface area contributed by atoms with Gasteiger partial charge in [-0.05, 0) is 13.3 Å². The van der Waals surface area contributed by atoms with E-state index < -0.39 is 0 Å². The van der Waals surface area contributed by atoms with Crippen molar-refractivity contribution >= 4 is 16.8 Å². The SMILES string of the molecule is CC1CCSC(CO)=N1. The first-order chi connectivity index (χ1) is 4.33. The highest BCUT2D eigenvalue weighted by molar-refractivity contribution is 8.14. The highest BCUT2D eigenvalue weighted by Crippen LogP contribution is 2.16. The van der Waals surface area contributed by atoms with Gasteiger partial charge in [-0.3, -0.25) is 4.99 Å². The molecule has 1 unspecified atom stereocenters. The number of aliphatic hydroxyl groups is 1. The number of nitrogens with zero attached hydrogens (tertiary/aromatic N) is 1. The second kappa shape index (κ2) is 3.22. The summed E-state index contributed by atoms with van der Waals surface area (Å²) >= 11 is 1.67. The smallest absolute Gasteiger partial charge is 0.0934 e. The van der Waals surface area contributed by atoms with E-state index in [4.69, 9.17) is 5.11 Å². The molecular formula is C6H11NOS. The number of hydrogen-bond donors (Lipinski definition) is 1. The van der Waals surface area contributed by atoms with Gasteiger partial charge >= 0.3 is 0 Å². The van der Waals surface area contributed by atoms with E-state index in [0.29, 0.717) is 6.04 Å². The van der Waals surface area contributed by atoms with Crippen molar-refractivity contribution in [1.29, 1.82) is 0 Å². The van der Waals surface area contributed by atoms with Gasteiger partial charge in [-0.1, -0.05) is 0 Å². The van der Waals surface area contributed by atoms with E-state index in [1.54, 1.807) is 11.8 Å². The summed E-state index contributed by atoms with van der Waals surface area (Å²) in [6.45, 7) is 2.20. The van der Waals surface area contributed by atoms with Crippen molar-refractivity contribution in [1.82, 2.24) is 0 Å². The van der Waals surface area contributed by atoms with Gasteiger partial charge in [0, 0.05) is 11.8 Å². The summed E-state index contributed by atoms with van der Waals surface area (Å²) in [5.74, 6) is 1.11. The molecule has 1 N–H and O–H groups in total. The average Bonchev–Trinajstić information content (AvgIpc) is 1.88. The van der Waals surface area contributed by atoms with Crippen LogP contribution in [0.15, 0.2) is 4.99 Å². The Labute approximate surface area is 59.4 Å². The predicted molar refractivity (Wildman–Crippen MR) is 41.1 cm³/mol. The second-order valence-electron chi connectivity index (χ2n) is 2.17. The lowest BCUT2D eigenvalue weighted by atomic mass is 10.3. The molecule has 0 fully saturated rings. The maximum atomic E-state index is 8.66. The molecule has 0 aromatic carbocycles. The largest absolute Gasteiger partial charge is 0.390 e. The van der Waals surface area contributed by atoms with Crippen molar-refractivity contribution in [2.24, 2.45) is 4.99 Å². The third-order valence-corrected chi connectivity index (χ3v) is 2.31. The minimum atomic E-state index is 0.120. The van der Waals surface area contributed by atoms with Crippen molar-refractivity contribution in [3.63, 3.8) is 0 Å². The molecule has 3 heteroatoms. The standard InChI is InChI=1S/C6H11NOS/c1-5-2-3-9-6(4-8)7-5/h5,8H,2-4H2,1H3. The minimum Gasteiger partial charge on any atom is -0.390 e. The number of rotatable bonds is 1. The highest BCUT2D eigenvalue weighted by Gasteiger charge is 2.09. The van der Waals surface area contributed by atoms with Gasteiger partial charge in [-0.25, -0.2) is 0 Å².